The zero-order valence-corrected chi connectivity index (χ0v) is 13.5. The van der Waals surface area contributed by atoms with Crippen LogP contribution >= 0.6 is 0 Å². The molecule has 0 aliphatic rings. The molecule has 2 aromatic heterocycles. The Balaban J connectivity index is 2.60. The van der Waals surface area contributed by atoms with Crippen LogP contribution in [0, 0.1) is 13.8 Å². The molecule has 2 N–H and O–H groups in total. The second-order valence-corrected chi connectivity index (χ2v) is 6.90. The molecular weight excluding hydrogens is 298 g/mol. The fourth-order valence-electron chi connectivity index (χ4n) is 2.90. The molecule has 6 heteroatoms. The number of sulfonamides is 1. The van der Waals surface area contributed by atoms with Gasteiger partial charge in [-0.25, -0.2) is 13.6 Å². The third-order valence-corrected chi connectivity index (χ3v) is 5.10. The minimum Gasteiger partial charge on any atom is -0.333 e. The minimum atomic E-state index is -3.86. The van der Waals surface area contributed by atoms with Crippen LogP contribution in [0.4, 0.5) is 0 Å². The standard InChI is InChI=1S/C16H17N3O2S/c1-10-4-5-13-14(11(10)2)15(12-6-8-18-9-7-12)16(19(13)3)22(17,20)21/h4-9H,1-3H3,(H2,17,20,21). The summed E-state index contributed by atoms with van der Waals surface area (Å²) in [5.41, 5.74) is 4.44. The molecule has 0 fully saturated rings. The molecule has 3 rings (SSSR count). The summed E-state index contributed by atoms with van der Waals surface area (Å²) in [6, 6.07) is 7.51. The van der Waals surface area contributed by atoms with Crippen molar-refractivity contribution in [3.05, 3.63) is 47.8 Å². The van der Waals surface area contributed by atoms with Crippen LogP contribution in [0.1, 0.15) is 11.1 Å². The average Bonchev–Trinajstić information content (AvgIpc) is 2.77. The summed E-state index contributed by atoms with van der Waals surface area (Å²) >= 11 is 0. The number of hydrogen-bond donors (Lipinski definition) is 1. The molecule has 2 heterocycles. The maximum absolute atomic E-state index is 12.2. The van der Waals surface area contributed by atoms with Gasteiger partial charge < -0.3 is 4.57 Å². The highest BCUT2D eigenvalue weighted by atomic mass is 32.2. The molecule has 0 unspecified atom stereocenters. The van der Waals surface area contributed by atoms with E-state index in [0.717, 1.165) is 27.6 Å². The third-order valence-electron chi connectivity index (χ3n) is 4.08. The number of nitrogens with two attached hydrogens (primary N) is 1. The van der Waals surface area contributed by atoms with Crippen molar-refractivity contribution in [3.63, 3.8) is 0 Å². The van der Waals surface area contributed by atoms with E-state index in [9.17, 15) is 8.42 Å². The van der Waals surface area contributed by atoms with Gasteiger partial charge in [0.1, 0.15) is 0 Å². The first-order valence-electron chi connectivity index (χ1n) is 6.84. The Kier molecular flexibility index (Phi) is 3.30. The normalized spacial score (nSPS) is 12.0. The van der Waals surface area contributed by atoms with E-state index in [1.807, 2.05) is 26.0 Å². The van der Waals surface area contributed by atoms with E-state index in [4.69, 9.17) is 5.14 Å². The van der Waals surface area contributed by atoms with E-state index < -0.39 is 10.0 Å². The monoisotopic (exact) mass is 315 g/mol. The molecule has 1 aromatic carbocycles. The van der Waals surface area contributed by atoms with Crippen LogP contribution in [0.25, 0.3) is 22.0 Å². The van der Waals surface area contributed by atoms with Gasteiger partial charge in [-0.15, -0.1) is 0 Å². The maximum atomic E-state index is 12.2. The van der Waals surface area contributed by atoms with Crippen molar-refractivity contribution in [1.29, 1.82) is 0 Å². The van der Waals surface area contributed by atoms with Crippen LogP contribution in [0.5, 0.6) is 0 Å². The van der Waals surface area contributed by atoms with Crippen molar-refractivity contribution >= 4 is 20.9 Å². The first-order chi connectivity index (χ1) is 10.3. The Morgan fingerprint density at radius 3 is 2.32 bits per heavy atom. The van der Waals surface area contributed by atoms with Crippen LogP contribution in [0.15, 0.2) is 41.7 Å². The number of aromatic nitrogens is 2. The lowest BCUT2D eigenvalue weighted by molar-refractivity contribution is 0.589. The zero-order chi connectivity index (χ0) is 16.1. The van der Waals surface area contributed by atoms with Crippen LogP contribution in [0.2, 0.25) is 0 Å². The lowest BCUT2D eigenvalue weighted by Crippen LogP contribution is -2.16. The van der Waals surface area contributed by atoms with Crippen molar-refractivity contribution < 1.29 is 8.42 Å². The SMILES string of the molecule is Cc1ccc2c(c1C)c(-c1ccncc1)c(S(N)(=O)=O)n2C. The molecule has 0 aliphatic carbocycles. The minimum absolute atomic E-state index is 0.127. The van der Waals surface area contributed by atoms with Crippen molar-refractivity contribution in [2.24, 2.45) is 12.2 Å². The van der Waals surface area contributed by atoms with E-state index in [-0.39, 0.29) is 5.03 Å². The number of nitrogens with zero attached hydrogens (tertiary/aromatic N) is 2. The average molecular weight is 315 g/mol. The summed E-state index contributed by atoms with van der Waals surface area (Å²) in [4.78, 5) is 4.00. The molecule has 0 spiro atoms. The molecule has 0 radical (unpaired) electrons. The number of fused-ring (bicyclic) bond motifs is 1. The first kappa shape index (κ1) is 14.7. The van der Waals surface area contributed by atoms with Gasteiger partial charge in [0.2, 0.25) is 0 Å². The number of aryl methyl sites for hydroxylation is 3. The molecule has 3 aromatic rings. The molecule has 114 valence electrons. The number of rotatable bonds is 2. The van der Waals surface area contributed by atoms with E-state index in [1.165, 1.54) is 0 Å². The highest BCUT2D eigenvalue weighted by molar-refractivity contribution is 7.89. The van der Waals surface area contributed by atoms with Gasteiger partial charge in [-0.1, -0.05) is 6.07 Å². The lowest BCUT2D eigenvalue weighted by atomic mass is 9.99. The third kappa shape index (κ3) is 2.12. The summed E-state index contributed by atoms with van der Waals surface area (Å²) in [5, 5.41) is 6.53. The maximum Gasteiger partial charge on any atom is 0.254 e. The summed E-state index contributed by atoms with van der Waals surface area (Å²) in [7, 11) is -2.14. The second-order valence-electron chi connectivity index (χ2n) is 5.42. The topological polar surface area (TPSA) is 78.0 Å². The summed E-state index contributed by atoms with van der Waals surface area (Å²) in [6.45, 7) is 4.00. The molecule has 0 bridgehead atoms. The Bertz CT molecular complexity index is 974. The lowest BCUT2D eigenvalue weighted by Gasteiger charge is -2.06. The summed E-state index contributed by atoms with van der Waals surface area (Å²) in [6.07, 6.45) is 3.29. The van der Waals surface area contributed by atoms with Gasteiger partial charge in [0, 0.05) is 35.9 Å². The van der Waals surface area contributed by atoms with Crippen LogP contribution in [0.3, 0.4) is 0 Å². The number of hydrogen-bond acceptors (Lipinski definition) is 3. The van der Waals surface area contributed by atoms with Crippen LogP contribution in [-0.2, 0) is 17.1 Å². The van der Waals surface area contributed by atoms with E-state index >= 15 is 0 Å². The van der Waals surface area contributed by atoms with E-state index in [1.54, 1.807) is 36.1 Å². The zero-order valence-electron chi connectivity index (χ0n) is 12.7. The van der Waals surface area contributed by atoms with Gasteiger partial charge in [-0.3, -0.25) is 4.98 Å². The highest BCUT2D eigenvalue weighted by Gasteiger charge is 2.25. The Morgan fingerprint density at radius 2 is 1.73 bits per heavy atom. The van der Waals surface area contributed by atoms with Crippen molar-refractivity contribution in [2.45, 2.75) is 18.9 Å². The fourth-order valence-corrected chi connectivity index (χ4v) is 3.88. The van der Waals surface area contributed by atoms with Gasteiger partial charge in [0.25, 0.3) is 10.0 Å². The van der Waals surface area contributed by atoms with Crippen molar-refractivity contribution in [1.82, 2.24) is 9.55 Å². The van der Waals surface area contributed by atoms with Crippen molar-refractivity contribution in [2.75, 3.05) is 0 Å². The van der Waals surface area contributed by atoms with Gasteiger partial charge in [0.15, 0.2) is 5.03 Å². The Labute approximate surface area is 129 Å². The second kappa shape index (κ2) is 4.93. The Morgan fingerprint density at radius 1 is 1.09 bits per heavy atom. The molecular formula is C16H17N3O2S. The van der Waals surface area contributed by atoms with Crippen molar-refractivity contribution in [3.8, 4) is 11.1 Å². The number of pyridine rings is 1. The van der Waals surface area contributed by atoms with Gasteiger partial charge in [-0.2, -0.15) is 0 Å². The quantitative estimate of drug-likeness (QED) is 0.789. The predicted molar refractivity (Wildman–Crippen MR) is 87.0 cm³/mol. The summed E-state index contributed by atoms with van der Waals surface area (Å²) < 4.78 is 26.0. The molecule has 5 nitrogen and oxygen atoms in total. The molecule has 0 aliphatic heterocycles. The highest BCUT2D eigenvalue weighted by Crippen LogP contribution is 2.38. The van der Waals surface area contributed by atoms with E-state index in [0.29, 0.717) is 5.56 Å². The molecule has 0 saturated heterocycles. The summed E-state index contributed by atoms with van der Waals surface area (Å²) in [5.74, 6) is 0. The Hall–Kier alpha value is -2.18. The van der Waals surface area contributed by atoms with Crippen LogP contribution < -0.4 is 5.14 Å². The fraction of sp³-hybridized carbons (Fsp3) is 0.188. The molecule has 0 saturated carbocycles. The smallest absolute Gasteiger partial charge is 0.254 e. The molecule has 22 heavy (non-hydrogen) atoms. The largest absolute Gasteiger partial charge is 0.333 e. The molecule has 0 atom stereocenters. The van der Waals surface area contributed by atoms with Gasteiger partial charge in [0.05, 0.1) is 0 Å². The number of benzene rings is 1. The van der Waals surface area contributed by atoms with E-state index in [2.05, 4.69) is 4.98 Å². The van der Waals surface area contributed by atoms with Gasteiger partial charge in [-0.05, 0) is 48.7 Å². The molecule has 0 amide bonds. The number of primary sulfonamides is 1. The van der Waals surface area contributed by atoms with Gasteiger partial charge >= 0.3 is 0 Å². The predicted octanol–water partition coefficient (Wildman–Crippen LogP) is 2.50. The first-order valence-corrected chi connectivity index (χ1v) is 8.39. The van der Waals surface area contributed by atoms with Crippen LogP contribution in [-0.4, -0.2) is 18.0 Å².